The van der Waals surface area contributed by atoms with Gasteiger partial charge in [-0.2, -0.15) is 0 Å². The summed E-state index contributed by atoms with van der Waals surface area (Å²) >= 11 is 0. The number of rotatable bonds is 5. The molecule has 8 nitrogen and oxygen atoms in total. The molecule has 1 unspecified atom stereocenters. The fourth-order valence-corrected chi connectivity index (χ4v) is 2.25. The molecule has 0 saturated heterocycles. The van der Waals surface area contributed by atoms with Gasteiger partial charge in [-0.3, -0.25) is 14.9 Å². The number of alkyl carbamates (subject to hydrolysis) is 1. The predicted molar refractivity (Wildman–Crippen MR) is 100 cm³/mol. The van der Waals surface area contributed by atoms with E-state index in [4.69, 9.17) is 4.74 Å². The van der Waals surface area contributed by atoms with E-state index in [-0.39, 0.29) is 5.69 Å². The lowest BCUT2D eigenvalue weighted by Crippen LogP contribution is -2.40. The molecule has 142 valence electrons. The summed E-state index contributed by atoms with van der Waals surface area (Å²) in [6.45, 7) is 5.17. The Morgan fingerprint density at radius 2 is 1.63 bits per heavy atom. The SMILES string of the molecule is CC(C)(C)OC(=O)NC(C(=O)Nc1ccc([N+](=O)[O-])cc1)c1ccccc1. The molecule has 0 bridgehead atoms. The number of nitro groups is 1. The highest BCUT2D eigenvalue weighted by Crippen LogP contribution is 2.19. The van der Waals surface area contributed by atoms with Gasteiger partial charge in [0.15, 0.2) is 0 Å². The number of hydrogen-bond donors (Lipinski definition) is 2. The summed E-state index contributed by atoms with van der Waals surface area (Å²) in [5.74, 6) is -0.499. The van der Waals surface area contributed by atoms with Crippen molar-refractivity contribution in [2.45, 2.75) is 32.4 Å². The first-order valence-corrected chi connectivity index (χ1v) is 8.25. The minimum absolute atomic E-state index is 0.0838. The second kappa shape index (κ2) is 8.31. The summed E-state index contributed by atoms with van der Waals surface area (Å²) < 4.78 is 5.23. The van der Waals surface area contributed by atoms with Gasteiger partial charge in [0.1, 0.15) is 11.6 Å². The quantitative estimate of drug-likeness (QED) is 0.613. The van der Waals surface area contributed by atoms with Crippen LogP contribution >= 0.6 is 0 Å². The Labute approximate surface area is 156 Å². The summed E-state index contributed by atoms with van der Waals surface area (Å²) in [4.78, 5) is 35.0. The zero-order valence-electron chi connectivity index (χ0n) is 15.3. The summed E-state index contributed by atoms with van der Waals surface area (Å²) in [5, 5.41) is 15.9. The van der Waals surface area contributed by atoms with E-state index in [1.807, 2.05) is 0 Å². The molecule has 0 spiro atoms. The normalized spacial score (nSPS) is 12.0. The van der Waals surface area contributed by atoms with Crippen molar-refractivity contribution in [2.24, 2.45) is 0 Å². The molecule has 0 aliphatic heterocycles. The Bertz CT molecular complexity index is 813. The zero-order chi connectivity index (χ0) is 20.0. The number of carbonyl (C=O) groups excluding carboxylic acids is 2. The lowest BCUT2D eigenvalue weighted by molar-refractivity contribution is -0.384. The molecule has 0 aliphatic rings. The van der Waals surface area contributed by atoms with Crippen molar-refractivity contribution in [2.75, 3.05) is 5.32 Å². The van der Waals surface area contributed by atoms with Crippen LogP contribution in [0.2, 0.25) is 0 Å². The van der Waals surface area contributed by atoms with Crippen molar-refractivity contribution in [3.05, 3.63) is 70.3 Å². The third kappa shape index (κ3) is 6.10. The second-order valence-electron chi connectivity index (χ2n) is 6.78. The molecular weight excluding hydrogens is 350 g/mol. The molecule has 2 aromatic rings. The van der Waals surface area contributed by atoms with Crippen molar-refractivity contribution in [1.29, 1.82) is 0 Å². The number of amides is 2. The van der Waals surface area contributed by atoms with Crippen LogP contribution in [0.1, 0.15) is 32.4 Å². The van der Waals surface area contributed by atoms with Crippen LogP contribution in [0.25, 0.3) is 0 Å². The summed E-state index contributed by atoms with van der Waals surface area (Å²) in [6, 6.07) is 13.1. The number of non-ortho nitro benzene ring substituents is 1. The molecule has 0 saturated carbocycles. The number of nitrogens with zero attached hydrogens (tertiary/aromatic N) is 1. The molecular formula is C19H21N3O5. The minimum atomic E-state index is -0.990. The van der Waals surface area contributed by atoms with Crippen molar-refractivity contribution in [3.63, 3.8) is 0 Å². The van der Waals surface area contributed by atoms with Gasteiger partial charge in [-0.05, 0) is 38.5 Å². The molecule has 2 rings (SSSR count). The Hall–Kier alpha value is -3.42. The average molecular weight is 371 g/mol. The summed E-state index contributed by atoms with van der Waals surface area (Å²) in [6.07, 6.45) is -0.727. The van der Waals surface area contributed by atoms with Crippen LogP contribution in [0.5, 0.6) is 0 Å². The monoisotopic (exact) mass is 371 g/mol. The van der Waals surface area contributed by atoms with Crippen LogP contribution in [0.15, 0.2) is 54.6 Å². The molecule has 2 amide bonds. The smallest absolute Gasteiger partial charge is 0.408 e. The highest BCUT2D eigenvalue weighted by atomic mass is 16.6. The maximum absolute atomic E-state index is 12.7. The average Bonchev–Trinajstić information content (AvgIpc) is 2.59. The Morgan fingerprint density at radius 3 is 2.15 bits per heavy atom. The molecule has 0 fully saturated rings. The first-order valence-electron chi connectivity index (χ1n) is 8.25. The Balaban J connectivity index is 2.18. The van der Waals surface area contributed by atoms with Gasteiger partial charge < -0.3 is 15.4 Å². The van der Waals surface area contributed by atoms with E-state index in [0.29, 0.717) is 11.3 Å². The standard InChI is InChI=1S/C19H21N3O5/c1-19(2,3)27-18(24)21-16(13-7-5-4-6-8-13)17(23)20-14-9-11-15(12-10-14)22(25)26/h4-12,16H,1-3H3,(H,20,23)(H,21,24). The molecule has 0 heterocycles. The van der Waals surface area contributed by atoms with Gasteiger partial charge in [-0.15, -0.1) is 0 Å². The van der Waals surface area contributed by atoms with E-state index in [9.17, 15) is 19.7 Å². The Kier molecular flexibility index (Phi) is 6.12. The van der Waals surface area contributed by atoms with E-state index in [0.717, 1.165) is 0 Å². The molecule has 2 N–H and O–H groups in total. The maximum atomic E-state index is 12.7. The molecule has 27 heavy (non-hydrogen) atoms. The minimum Gasteiger partial charge on any atom is -0.444 e. The first kappa shape index (κ1) is 19.9. The maximum Gasteiger partial charge on any atom is 0.408 e. The van der Waals surface area contributed by atoms with Crippen LogP contribution in [-0.4, -0.2) is 22.5 Å². The number of carbonyl (C=O) groups is 2. The van der Waals surface area contributed by atoms with Crippen molar-refractivity contribution >= 4 is 23.4 Å². The number of hydrogen-bond acceptors (Lipinski definition) is 5. The van der Waals surface area contributed by atoms with Crippen molar-refractivity contribution < 1.29 is 19.2 Å². The molecule has 2 aromatic carbocycles. The van der Waals surface area contributed by atoms with E-state index in [1.54, 1.807) is 51.1 Å². The van der Waals surface area contributed by atoms with Crippen LogP contribution in [0.3, 0.4) is 0 Å². The highest BCUT2D eigenvalue weighted by molar-refractivity contribution is 5.97. The number of ether oxygens (including phenoxy) is 1. The lowest BCUT2D eigenvalue weighted by Gasteiger charge is -2.23. The number of nitro benzene ring substituents is 1. The number of anilines is 1. The van der Waals surface area contributed by atoms with Crippen LogP contribution in [-0.2, 0) is 9.53 Å². The van der Waals surface area contributed by atoms with Gasteiger partial charge in [0.2, 0.25) is 0 Å². The van der Waals surface area contributed by atoms with Gasteiger partial charge in [0.25, 0.3) is 11.6 Å². The van der Waals surface area contributed by atoms with Gasteiger partial charge in [-0.1, -0.05) is 30.3 Å². The van der Waals surface area contributed by atoms with Gasteiger partial charge >= 0.3 is 6.09 Å². The summed E-state index contributed by atoms with van der Waals surface area (Å²) in [7, 11) is 0. The largest absolute Gasteiger partial charge is 0.444 e. The highest BCUT2D eigenvalue weighted by Gasteiger charge is 2.26. The topological polar surface area (TPSA) is 111 Å². The van der Waals surface area contributed by atoms with Gasteiger partial charge in [0, 0.05) is 17.8 Å². The molecule has 0 radical (unpaired) electrons. The number of benzene rings is 2. The van der Waals surface area contributed by atoms with Gasteiger partial charge in [0.05, 0.1) is 4.92 Å². The van der Waals surface area contributed by atoms with E-state index >= 15 is 0 Å². The first-order chi connectivity index (χ1) is 12.7. The molecule has 0 aliphatic carbocycles. The summed E-state index contributed by atoms with van der Waals surface area (Å²) in [5.41, 5.74) is 0.153. The van der Waals surface area contributed by atoms with Crippen LogP contribution < -0.4 is 10.6 Å². The molecule has 8 heteroatoms. The third-order valence-electron chi connectivity index (χ3n) is 3.40. The zero-order valence-corrected chi connectivity index (χ0v) is 15.3. The van der Waals surface area contributed by atoms with Gasteiger partial charge in [-0.25, -0.2) is 4.79 Å². The fourth-order valence-electron chi connectivity index (χ4n) is 2.25. The fraction of sp³-hybridized carbons (Fsp3) is 0.263. The Morgan fingerprint density at radius 1 is 1.04 bits per heavy atom. The van der Waals surface area contributed by atoms with E-state index in [2.05, 4.69) is 10.6 Å². The van der Waals surface area contributed by atoms with Crippen LogP contribution in [0, 0.1) is 10.1 Å². The third-order valence-corrected chi connectivity index (χ3v) is 3.40. The number of nitrogens with one attached hydrogen (secondary N) is 2. The van der Waals surface area contributed by atoms with Crippen molar-refractivity contribution in [1.82, 2.24) is 5.32 Å². The molecule has 1 atom stereocenters. The van der Waals surface area contributed by atoms with E-state index < -0.39 is 28.6 Å². The molecule has 0 aromatic heterocycles. The second-order valence-corrected chi connectivity index (χ2v) is 6.78. The van der Waals surface area contributed by atoms with Crippen molar-refractivity contribution in [3.8, 4) is 0 Å². The van der Waals surface area contributed by atoms with Crippen LogP contribution in [0.4, 0.5) is 16.2 Å². The van der Waals surface area contributed by atoms with E-state index in [1.165, 1.54) is 24.3 Å². The predicted octanol–water partition coefficient (Wildman–Crippen LogP) is 3.80. The lowest BCUT2D eigenvalue weighted by atomic mass is 10.1.